The number of benzene rings is 1. The predicted molar refractivity (Wildman–Crippen MR) is 77.5 cm³/mol. The molecule has 1 unspecified atom stereocenters. The van der Waals surface area contributed by atoms with Gasteiger partial charge in [0.25, 0.3) is 0 Å². The SMILES string of the molecule is CNC(Cc1c(Br)c(C)nn1C)c1cc(F)cc(F)c1. The Bertz CT molecular complexity index is 605. The topological polar surface area (TPSA) is 29.9 Å². The van der Waals surface area contributed by atoms with Crippen LogP contribution < -0.4 is 5.32 Å². The zero-order valence-electron chi connectivity index (χ0n) is 11.5. The minimum absolute atomic E-state index is 0.189. The summed E-state index contributed by atoms with van der Waals surface area (Å²) in [7, 11) is 3.62. The highest BCUT2D eigenvalue weighted by atomic mass is 79.9. The molecule has 0 spiro atoms. The third-order valence-corrected chi connectivity index (χ3v) is 4.33. The fourth-order valence-electron chi connectivity index (χ4n) is 2.26. The van der Waals surface area contributed by atoms with Crippen molar-refractivity contribution in [2.75, 3.05) is 7.05 Å². The number of rotatable bonds is 4. The molecule has 0 bridgehead atoms. The molecule has 0 aliphatic rings. The van der Waals surface area contributed by atoms with Crippen LogP contribution in [0.2, 0.25) is 0 Å². The molecule has 1 N–H and O–H groups in total. The molecule has 0 radical (unpaired) electrons. The van der Waals surface area contributed by atoms with Crippen molar-refractivity contribution in [2.24, 2.45) is 7.05 Å². The Balaban J connectivity index is 2.33. The van der Waals surface area contributed by atoms with Crippen molar-refractivity contribution in [1.82, 2.24) is 15.1 Å². The van der Waals surface area contributed by atoms with Gasteiger partial charge in [-0.05, 0) is 47.6 Å². The maximum absolute atomic E-state index is 13.3. The first kappa shape index (κ1) is 15.1. The number of hydrogen-bond acceptors (Lipinski definition) is 2. The lowest BCUT2D eigenvalue weighted by Crippen LogP contribution is -2.20. The van der Waals surface area contributed by atoms with Gasteiger partial charge in [-0.25, -0.2) is 8.78 Å². The standard InChI is InChI=1S/C14H16BrF2N3/c1-8-14(15)13(20(3)19-8)7-12(18-2)9-4-10(16)6-11(17)5-9/h4-6,12,18H,7H2,1-3H3. The molecule has 0 saturated heterocycles. The minimum atomic E-state index is -0.569. The van der Waals surface area contributed by atoms with E-state index in [2.05, 4.69) is 26.3 Å². The number of hydrogen-bond donors (Lipinski definition) is 1. The molecule has 0 aliphatic heterocycles. The van der Waals surface area contributed by atoms with E-state index in [0.29, 0.717) is 12.0 Å². The normalized spacial score (nSPS) is 12.7. The largest absolute Gasteiger partial charge is 0.313 e. The van der Waals surface area contributed by atoms with Gasteiger partial charge in [0.2, 0.25) is 0 Å². The van der Waals surface area contributed by atoms with E-state index in [0.717, 1.165) is 21.9 Å². The second-order valence-electron chi connectivity index (χ2n) is 4.72. The van der Waals surface area contributed by atoms with Gasteiger partial charge in [-0.1, -0.05) is 0 Å². The van der Waals surface area contributed by atoms with E-state index in [-0.39, 0.29) is 6.04 Å². The maximum atomic E-state index is 13.3. The Morgan fingerprint density at radius 1 is 1.30 bits per heavy atom. The molecule has 1 aromatic heterocycles. The van der Waals surface area contributed by atoms with Gasteiger partial charge in [0, 0.05) is 25.6 Å². The molecule has 0 aliphatic carbocycles. The van der Waals surface area contributed by atoms with E-state index in [1.54, 1.807) is 11.7 Å². The lowest BCUT2D eigenvalue weighted by atomic mass is 10.0. The quantitative estimate of drug-likeness (QED) is 0.923. The van der Waals surface area contributed by atoms with Crippen molar-refractivity contribution in [3.63, 3.8) is 0 Å². The minimum Gasteiger partial charge on any atom is -0.313 e. The monoisotopic (exact) mass is 343 g/mol. The zero-order valence-corrected chi connectivity index (χ0v) is 13.1. The molecule has 2 aromatic rings. The Hall–Kier alpha value is -1.27. The van der Waals surface area contributed by atoms with Crippen molar-refractivity contribution in [2.45, 2.75) is 19.4 Å². The van der Waals surface area contributed by atoms with E-state index in [4.69, 9.17) is 0 Å². The highest BCUT2D eigenvalue weighted by Crippen LogP contribution is 2.26. The van der Waals surface area contributed by atoms with Crippen LogP contribution >= 0.6 is 15.9 Å². The fourth-order valence-corrected chi connectivity index (χ4v) is 2.76. The van der Waals surface area contributed by atoms with Crippen molar-refractivity contribution >= 4 is 15.9 Å². The Kier molecular flexibility index (Phi) is 4.55. The van der Waals surface area contributed by atoms with E-state index >= 15 is 0 Å². The summed E-state index contributed by atoms with van der Waals surface area (Å²) in [5.74, 6) is -1.14. The van der Waals surface area contributed by atoms with Gasteiger partial charge in [0.1, 0.15) is 11.6 Å². The van der Waals surface area contributed by atoms with Gasteiger partial charge in [-0.2, -0.15) is 5.10 Å². The van der Waals surface area contributed by atoms with Crippen LogP contribution in [0.25, 0.3) is 0 Å². The van der Waals surface area contributed by atoms with Crippen LogP contribution in [0.15, 0.2) is 22.7 Å². The number of aromatic nitrogens is 2. The molecule has 0 fully saturated rings. The fraction of sp³-hybridized carbons (Fsp3) is 0.357. The van der Waals surface area contributed by atoms with E-state index in [1.807, 2.05) is 14.0 Å². The van der Waals surface area contributed by atoms with Gasteiger partial charge < -0.3 is 5.32 Å². The second kappa shape index (κ2) is 6.01. The Labute approximate surface area is 125 Å². The molecule has 108 valence electrons. The molecule has 1 atom stereocenters. The lowest BCUT2D eigenvalue weighted by molar-refractivity contribution is 0.537. The van der Waals surface area contributed by atoms with Crippen LogP contribution in [0.3, 0.4) is 0 Å². The van der Waals surface area contributed by atoms with Crippen molar-refractivity contribution < 1.29 is 8.78 Å². The molecule has 0 amide bonds. The summed E-state index contributed by atoms with van der Waals surface area (Å²) in [6.45, 7) is 1.91. The zero-order chi connectivity index (χ0) is 14.9. The highest BCUT2D eigenvalue weighted by molar-refractivity contribution is 9.10. The average Bonchev–Trinajstić information content (AvgIpc) is 2.60. The molecular weight excluding hydrogens is 328 g/mol. The Morgan fingerprint density at radius 3 is 2.35 bits per heavy atom. The van der Waals surface area contributed by atoms with Gasteiger partial charge in [0.15, 0.2) is 0 Å². The highest BCUT2D eigenvalue weighted by Gasteiger charge is 2.18. The summed E-state index contributed by atoms with van der Waals surface area (Å²) in [4.78, 5) is 0. The summed E-state index contributed by atoms with van der Waals surface area (Å²) >= 11 is 3.50. The number of likely N-dealkylation sites (N-methyl/N-ethyl adjacent to an activating group) is 1. The smallest absolute Gasteiger partial charge is 0.126 e. The van der Waals surface area contributed by atoms with Crippen LogP contribution in [0, 0.1) is 18.6 Å². The van der Waals surface area contributed by atoms with Crippen LogP contribution in [0.4, 0.5) is 8.78 Å². The van der Waals surface area contributed by atoms with Gasteiger partial charge in [0.05, 0.1) is 15.9 Å². The molecule has 6 heteroatoms. The first-order chi connectivity index (χ1) is 9.42. The average molecular weight is 344 g/mol. The number of aryl methyl sites for hydroxylation is 2. The number of halogens is 3. The van der Waals surface area contributed by atoms with Gasteiger partial charge >= 0.3 is 0 Å². The van der Waals surface area contributed by atoms with Crippen LogP contribution in [-0.2, 0) is 13.5 Å². The molecule has 1 heterocycles. The summed E-state index contributed by atoms with van der Waals surface area (Å²) in [5.41, 5.74) is 2.45. The van der Waals surface area contributed by atoms with Crippen LogP contribution in [0.1, 0.15) is 23.0 Å². The summed E-state index contributed by atoms with van der Waals surface area (Å²) < 4.78 is 29.4. The lowest BCUT2D eigenvalue weighted by Gasteiger charge is -2.17. The van der Waals surface area contributed by atoms with Crippen molar-refractivity contribution in [3.05, 3.63) is 51.3 Å². The van der Waals surface area contributed by atoms with Crippen molar-refractivity contribution in [3.8, 4) is 0 Å². The third-order valence-electron chi connectivity index (χ3n) is 3.29. The predicted octanol–water partition coefficient (Wildman–Crippen LogP) is 3.27. The molecule has 0 saturated carbocycles. The summed E-state index contributed by atoms with van der Waals surface area (Å²) in [6.07, 6.45) is 0.581. The Morgan fingerprint density at radius 2 is 1.90 bits per heavy atom. The van der Waals surface area contributed by atoms with Gasteiger partial charge in [-0.15, -0.1) is 0 Å². The maximum Gasteiger partial charge on any atom is 0.126 e. The first-order valence-corrected chi connectivity index (χ1v) is 7.03. The molecule has 1 aromatic carbocycles. The second-order valence-corrected chi connectivity index (χ2v) is 5.51. The number of nitrogens with zero attached hydrogens (tertiary/aromatic N) is 2. The van der Waals surface area contributed by atoms with Crippen molar-refractivity contribution in [1.29, 1.82) is 0 Å². The first-order valence-electron chi connectivity index (χ1n) is 6.23. The van der Waals surface area contributed by atoms with E-state index in [9.17, 15) is 8.78 Å². The molecule has 20 heavy (non-hydrogen) atoms. The summed E-state index contributed by atoms with van der Waals surface area (Å²) in [6, 6.07) is 3.38. The molecule has 2 rings (SSSR count). The molecule has 3 nitrogen and oxygen atoms in total. The summed E-state index contributed by atoms with van der Waals surface area (Å²) in [5, 5.41) is 7.41. The van der Waals surface area contributed by atoms with Crippen LogP contribution in [-0.4, -0.2) is 16.8 Å². The molecular formula is C14H16BrF2N3. The van der Waals surface area contributed by atoms with Crippen LogP contribution in [0.5, 0.6) is 0 Å². The van der Waals surface area contributed by atoms with Gasteiger partial charge in [-0.3, -0.25) is 4.68 Å². The third kappa shape index (κ3) is 3.07. The van der Waals surface area contributed by atoms with E-state index in [1.165, 1.54) is 12.1 Å². The van der Waals surface area contributed by atoms with E-state index < -0.39 is 11.6 Å². The number of nitrogens with one attached hydrogen (secondary N) is 1.